The molecule has 0 saturated carbocycles. The number of carbonyl (C=O) groups excluding carboxylic acids is 1. The molecule has 6 heteroatoms. The minimum Gasteiger partial charge on any atom is -0.381 e. The largest absolute Gasteiger partial charge is 0.381 e. The fraction of sp³-hybridized carbons (Fsp3) is 0.462. The topological polar surface area (TPSA) is 50.4 Å². The summed E-state index contributed by atoms with van der Waals surface area (Å²) in [4.78, 5) is 11.8. The van der Waals surface area contributed by atoms with E-state index in [2.05, 4.69) is 26.6 Å². The molecule has 0 atom stereocenters. The number of amides is 1. The summed E-state index contributed by atoms with van der Waals surface area (Å²) in [6.07, 6.45) is 1.76. The Kier molecular flexibility index (Phi) is 5.48. The molecule has 2 rings (SSSR count). The van der Waals surface area contributed by atoms with E-state index in [1.165, 1.54) is 0 Å². The van der Waals surface area contributed by atoms with Crippen LogP contribution in [0.5, 0.6) is 0 Å². The minimum atomic E-state index is -0.0150. The number of ether oxygens (including phenoxy) is 1. The van der Waals surface area contributed by atoms with Gasteiger partial charge in [-0.1, -0.05) is 17.7 Å². The molecule has 0 unspecified atom stereocenters. The van der Waals surface area contributed by atoms with Gasteiger partial charge in [-0.05, 0) is 40.9 Å². The number of hydrogen-bond donors (Lipinski definition) is 2. The van der Waals surface area contributed by atoms with Gasteiger partial charge in [-0.15, -0.1) is 0 Å². The van der Waals surface area contributed by atoms with E-state index >= 15 is 0 Å². The highest BCUT2D eigenvalue weighted by Gasteiger charge is 2.15. The van der Waals surface area contributed by atoms with Crippen molar-refractivity contribution in [2.24, 2.45) is 0 Å². The monoisotopic (exact) mass is 346 g/mol. The lowest BCUT2D eigenvalue weighted by molar-refractivity contribution is -0.120. The number of anilines is 1. The van der Waals surface area contributed by atoms with Crippen LogP contribution in [0.15, 0.2) is 22.7 Å². The molecule has 2 N–H and O–H groups in total. The van der Waals surface area contributed by atoms with Crippen LogP contribution in [0.4, 0.5) is 5.69 Å². The highest BCUT2D eigenvalue weighted by molar-refractivity contribution is 9.10. The maximum Gasteiger partial charge on any atom is 0.239 e. The maximum atomic E-state index is 11.8. The zero-order chi connectivity index (χ0) is 13.7. The van der Waals surface area contributed by atoms with Crippen molar-refractivity contribution in [2.75, 3.05) is 25.1 Å². The first kappa shape index (κ1) is 14.6. The Labute approximate surface area is 126 Å². The van der Waals surface area contributed by atoms with Crippen LogP contribution in [0.2, 0.25) is 5.02 Å². The normalized spacial score (nSPS) is 16.1. The van der Waals surface area contributed by atoms with E-state index in [1.54, 1.807) is 6.07 Å². The first-order valence-electron chi connectivity index (χ1n) is 6.22. The van der Waals surface area contributed by atoms with Crippen LogP contribution in [0, 0.1) is 0 Å². The van der Waals surface area contributed by atoms with Crippen LogP contribution in [-0.2, 0) is 9.53 Å². The van der Waals surface area contributed by atoms with Gasteiger partial charge < -0.3 is 15.4 Å². The maximum absolute atomic E-state index is 11.8. The van der Waals surface area contributed by atoms with Crippen LogP contribution < -0.4 is 10.6 Å². The highest BCUT2D eigenvalue weighted by Crippen LogP contribution is 2.29. The Hall–Kier alpha value is -0.780. The van der Waals surface area contributed by atoms with Crippen molar-refractivity contribution in [3.63, 3.8) is 0 Å². The molecule has 1 saturated heterocycles. The molecule has 0 radical (unpaired) electrons. The van der Waals surface area contributed by atoms with E-state index in [4.69, 9.17) is 16.3 Å². The molecule has 1 aliphatic heterocycles. The molecule has 0 aromatic heterocycles. The van der Waals surface area contributed by atoms with Gasteiger partial charge in [-0.3, -0.25) is 4.79 Å². The minimum absolute atomic E-state index is 0.0150. The van der Waals surface area contributed by atoms with Crippen molar-refractivity contribution in [2.45, 2.75) is 18.9 Å². The molecule has 19 heavy (non-hydrogen) atoms. The van der Waals surface area contributed by atoms with Crippen molar-refractivity contribution < 1.29 is 9.53 Å². The summed E-state index contributed by atoms with van der Waals surface area (Å²) in [5, 5.41) is 6.68. The fourth-order valence-corrected chi connectivity index (χ4v) is 2.52. The summed E-state index contributed by atoms with van der Waals surface area (Å²) < 4.78 is 6.03. The van der Waals surface area contributed by atoms with Crippen LogP contribution in [0.1, 0.15) is 12.8 Å². The molecule has 0 bridgehead atoms. The van der Waals surface area contributed by atoms with E-state index < -0.39 is 0 Å². The Morgan fingerprint density at radius 1 is 1.42 bits per heavy atom. The van der Waals surface area contributed by atoms with Crippen molar-refractivity contribution in [1.29, 1.82) is 0 Å². The second-order valence-corrected chi connectivity index (χ2v) is 5.61. The third-order valence-electron chi connectivity index (χ3n) is 2.98. The molecule has 4 nitrogen and oxygen atoms in total. The molecule has 1 aromatic carbocycles. The number of rotatable bonds is 4. The van der Waals surface area contributed by atoms with Crippen LogP contribution in [0.25, 0.3) is 0 Å². The molecule has 1 heterocycles. The van der Waals surface area contributed by atoms with Crippen molar-refractivity contribution in [3.8, 4) is 0 Å². The lowest BCUT2D eigenvalue weighted by Crippen LogP contribution is -2.41. The number of nitrogens with one attached hydrogen (secondary N) is 2. The summed E-state index contributed by atoms with van der Waals surface area (Å²) in [7, 11) is 0. The summed E-state index contributed by atoms with van der Waals surface area (Å²) in [6.45, 7) is 1.67. The van der Waals surface area contributed by atoms with Crippen molar-refractivity contribution in [3.05, 3.63) is 27.7 Å². The SMILES string of the molecule is O=C(CNc1cccc(Cl)c1Br)NC1CCOCC1. The van der Waals surface area contributed by atoms with Crippen LogP contribution >= 0.6 is 27.5 Å². The highest BCUT2D eigenvalue weighted by atomic mass is 79.9. The second-order valence-electron chi connectivity index (χ2n) is 4.41. The lowest BCUT2D eigenvalue weighted by atomic mass is 10.1. The Bertz CT molecular complexity index is 450. The predicted molar refractivity (Wildman–Crippen MR) is 79.6 cm³/mol. The van der Waals surface area contributed by atoms with Gasteiger partial charge in [0, 0.05) is 19.3 Å². The van der Waals surface area contributed by atoms with Gasteiger partial charge in [-0.2, -0.15) is 0 Å². The van der Waals surface area contributed by atoms with Gasteiger partial charge in [0.1, 0.15) is 0 Å². The molecular formula is C13H16BrClN2O2. The first-order valence-corrected chi connectivity index (χ1v) is 7.39. The molecule has 104 valence electrons. The van der Waals surface area contributed by atoms with E-state index in [0.29, 0.717) is 5.02 Å². The van der Waals surface area contributed by atoms with Crippen molar-refractivity contribution >= 4 is 39.1 Å². The lowest BCUT2D eigenvalue weighted by Gasteiger charge is -2.23. The van der Waals surface area contributed by atoms with Gasteiger partial charge in [0.2, 0.25) is 5.91 Å². The summed E-state index contributed by atoms with van der Waals surface area (Å²) in [5.41, 5.74) is 0.814. The van der Waals surface area contributed by atoms with E-state index in [-0.39, 0.29) is 18.5 Å². The van der Waals surface area contributed by atoms with Gasteiger partial charge in [-0.25, -0.2) is 0 Å². The second kappa shape index (κ2) is 7.12. The van der Waals surface area contributed by atoms with E-state index in [9.17, 15) is 4.79 Å². The molecule has 1 aliphatic rings. The predicted octanol–water partition coefficient (Wildman–Crippen LogP) is 2.81. The molecule has 1 aromatic rings. The Morgan fingerprint density at radius 3 is 2.89 bits per heavy atom. The van der Waals surface area contributed by atoms with E-state index in [1.807, 2.05) is 12.1 Å². The molecule has 0 spiro atoms. The number of halogens is 2. The van der Waals surface area contributed by atoms with Gasteiger partial charge in [0.15, 0.2) is 0 Å². The number of hydrogen-bond acceptors (Lipinski definition) is 3. The summed E-state index contributed by atoms with van der Waals surface area (Å²) in [6, 6.07) is 5.73. The fourth-order valence-electron chi connectivity index (χ4n) is 1.94. The number of benzene rings is 1. The number of carbonyl (C=O) groups is 1. The molecule has 1 fully saturated rings. The third kappa shape index (κ3) is 4.37. The summed E-state index contributed by atoms with van der Waals surface area (Å²) in [5.74, 6) is -0.0150. The van der Waals surface area contributed by atoms with Crippen LogP contribution in [0.3, 0.4) is 0 Å². The molecule has 1 amide bonds. The average Bonchev–Trinajstić information content (AvgIpc) is 2.42. The Balaban J connectivity index is 1.81. The zero-order valence-corrected chi connectivity index (χ0v) is 12.8. The molecule has 0 aliphatic carbocycles. The van der Waals surface area contributed by atoms with Crippen molar-refractivity contribution in [1.82, 2.24) is 5.32 Å². The quantitative estimate of drug-likeness (QED) is 0.880. The van der Waals surface area contributed by atoms with Gasteiger partial charge in [0.25, 0.3) is 0 Å². The smallest absolute Gasteiger partial charge is 0.239 e. The standard InChI is InChI=1S/C13H16BrClN2O2/c14-13-10(15)2-1-3-11(13)16-8-12(18)17-9-4-6-19-7-5-9/h1-3,9,16H,4-8H2,(H,17,18). The van der Waals surface area contributed by atoms with Crippen LogP contribution in [-0.4, -0.2) is 31.7 Å². The van der Waals surface area contributed by atoms with Gasteiger partial charge in [0.05, 0.1) is 21.7 Å². The summed E-state index contributed by atoms with van der Waals surface area (Å²) >= 11 is 9.37. The third-order valence-corrected chi connectivity index (χ3v) is 4.37. The first-order chi connectivity index (χ1) is 9.16. The molecular weight excluding hydrogens is 332 g/mol. The zero-order valence-electron chi connectivity index (χ0n) is 10.4. The Morgan fingerprint density at radius 2 is 2.16 bits per heavy atom. The van der Waals surface area contributed by atoms with E-state index in [0.717, 1.165) is 36.2 Å². The van der Waals surface area contributed by atoms with Gasteiger partial charge >= 0.3 is 0 Å². The average molecular weight is 348 g/mol.